The van der Waals surface area contributed by atoms with Crippen LogP contribution in [0.1, 0.15) is 24.8 Å². The molecule has 1 N–H and O–H groups in total. The highest BCUT2D eigenvalue weighted by Gasteiger charge is 2.71. The summed E-state index contributed by atoms with van der Waals surface area (Å²) in [7, 11) is 0. The third kappa shape index (κ3) is 3.75. The molecule has 8 nitrogen and oxygen atoms in total. The average Bonchev–Trinajstić information content (AvgIpc) is 3.25. The second kappa shape index (κ2) is 9.35. The maximum Gasteiger partial charge on any atom is 0.312 e. The van der Waals surface area contributed by atoms with Crippen molar-refractivity contribution in [3.05, 3.63) is 60.2 Å². The number of carbonyl (C=O) groups is 3. The van der Waals surface area contributed by atoms with Crippen molar-refractivity contribution in [2.75, 3.05) is 26.3 Å². The predicted molar refractivity (Wildman–Crippen MR) is 122 cm³/mol. The summed E-state index contributed by atoms with van der Waals surface area (Å²) in [6.07, 6.45) is 8.65. The Hall–Kier alpha value is -2.97. The molecule has 1 aromatic rings. The lowest BCUT2D eigenvalue weighted by Gasteiger charge is -2.35. The Morgan fingerprint density at radius 2 is 1.91 bits per heavy atom. The highest BCUT2D eigenvalue weighted by Crippen LogP contribution is 2.53. The number of aliphatic hydroxyl groups excluding tert-OH is 1. The summed E-state index contributed by atoms with van der Waals surface area (Å²) < 4.78 is 12.0. The van der Waals surface area contributed by atoms with Crippen molar-refractivity contribution in [3.8, 4) is 0 Å². The van der Waals surface area contributed by atoms with E-state index in [1.165, 1.54) is 4.90 Å². The van der Waals surface area contributed by atoms with Crippen LogP contribution < -0.4 is 0 Å². The molecule has 0 saturated carbocycles. The van der Waals surface area contributed by atoms with Crippen molar-refractivity contribution in [2.45, 2.75) is 43.6 Å². The van der Waals surface area contributed by atoms with Gasteiger partial charge in [0.1, 0.15) is 17.6 Å². The van der Waals surface area contributed by atoms with E-state index in [4.69, 9.17) is 9.47 Å². The standard InChI is InChI=1S/C26H30N2O6/c29-15-8-14-28-22-24(31)27(17-18-9-3-1-4-10-18)13-7-12-26(22)21(23(28)30)20-19(34-26)11-5-2-6-16-33-25(20)32/h1,3-5,7,9-12,19-22,29H,2,6,8,13-17H2/b11-5-/t19-,20+,21+,22?,26+/m1/s1. The van der Waals surface area contributed by atoms with Gasteiger partial charge in [0.25, 0.3) is 0 Å². The minimum Gasteiger partial charge on any atom is -0.465 e. The van der Waals surface area contributed by atoms with E-state index in [-0.39, 0.29) is 31.6 Å². The van der Waals surface area contributed by atoms with Gasteiger partial charge in [0.05, 0.1) is 18.6 Å². The first-order valence-electron chi connectivity index (χ1n) is 12.0. The Morgan fingerprint density at radius 1 is 1.09 bits per heavy atom. The highest BCUT2D eigenvalue weighted by atomic mass is 16.6. The van der Waals surface area contributed by atoms with Crippen LogP contribution in [0.25, 0.3) is 0 Å². The van der Waals surface area contributed by atoms with Gasteiger partial charge in [-0.2, -0.15) is 0 Å². The number of hydrogen-bond donors (Lipinski definition) is 1. The lowest BCUT2D eigenvalue weighted by molar-refractivity contribution is -0.155. The molecule has 2 fully saturated rings. The number of ether oxygens (including phenoxy) is 2. The Labute approximate surface area is 198 Å². The summed E-state index contributed by atoms with van der Waals surface area (Å²) in [4.78, 5) is 44.1. The molecule has 0 aliphatic carbocycles. The molecule has 1 spiro atoms. The van der Waals surface area contributed by atoms with E-state index in [9.17, 15) is 19.5 Å². The number of allylic oxidation sites excluding steroid dienone is 1. The van der Waals surface area contributed by atoms with Gasteiger partial charge in [-0.3, -0.25) is 14.4 Å². The van der Waals surface area contributed by atoms with Crippen molar-refractivity contribution < 1.29 is 29.0 Å². The highest BCUT2D eigenvalue weighted by molar-refractivity contribution is 5.99. The first kappa shape index (κ1) is 22.8. The van der Waals surface area contributed by atoms with Crippen LogP contribution in [-0.4, -0.2) is 76.7 Å². The number of fused-ring (bicyclic) bond motifs is 2. The average molecular weight is 467 g/mol. The maximum absolute atomic E-state index is 14.0. The van der Waals surface area contributed by atoms with E-state index >= 15 is 0 Å². The molecule has 0 bridgehead atoms. The third-order valence-corrected chi connectivity index (χ3v) is 7.21. The van der Waals surface area contributed by atoms with Crippen LogP contribution >= 0.6 is 0 Å². The van der Waals surface area contributed by atoms with Crippen LogP contribution in [0.5, 0.6) is 0 Å². The maximum atomic E-state index is 14.0. The van der Waals surface area contributed by atoms with Gasteiger partial charge >= 0.3 is 5.97 Å². The fraction of sp³-hybridized carbons (Fsp3) is 0.500. The smallest absolute Gasteiger partial charge is 0.312 e. The molecule has 0 aromatic heterocycles. The molecule has 0 radical (unpaired) electrons. The van der Waals surface area contributed by atoms with Crippen molar-refractivity contribution >= 4 is 17.8 Å². The second-order valence-electron chi connectivity index (χ2n) is 9.30. The van der Waals surface area contributed by atoms with E-state index < -0.39 is 35.6 Å². The summed E-state index contributed by atoms with van der Waals surface area (Å²) in [5.74, 6) is -2.64. The minimum absolute atomic E-state index is 0.108. The molecule has 1 aromatic carbocycles. The Kier molecular flexibility index (Phi) is 6.27. The van der Waals surface area contributed by atoms with Crippen LogP contribution in [0.3, 0.4) is 0 Å². The number of cyclic esters (lactones) is 1. The van der Waals surface area contributed by atoms with Crippen LogP contribution in [-0.2, 0) is 30.4 Å². The number of benzene rings is 1. The van der Waals surface area contributed by atoms with Crippen molar-refractivity contribution in [1.29, 1.82) is 0 Å². The zero-order valence-corrected chi connectivity index (χ0v) is 19.0. The summed E-state index contributed by atoms with van der Waals surface area (Å²) >= 11 is 0. The largest absolute Gasteiger partial charge is 0.465 e. The van der Waals surface area contributed by atoms with E-state index in [0.29, 0.717) is 25.9 Å². The molecule has 34 heavy (non-hydrogen) atoms. The van der Waals surface area contributed by atoms with Crippen LogP contribution in [0.4, 0.5) is 0 Å². The molecule has 180 valence electrons. The van der Waals surface area contributed by atoms with Crippen LogP contribution in [0, 0.1) is 11.8 Å². The number of hydrogen-bond acceptors (Lipinski definition) is 6. The fourth-order valence-corrected chi connectivity index (χ4v) is 5.73. The number of amides is 2. The SMILES string of the molecule is O=C1OCCC/C=C\[C@H]2O[C@]34C=CCN(Cc5ccccc5)C(=O)C3N(CCCO)C(=O)[C@@H]4[C@@H]12. The van der Waals surface area contributed by atoms with E-state index in [1.807, 2.05) is 54.6 Å². The third-order valence-electron chi connectivity index (χ3n) is 7.21. The quantitative estimate of drug-likeness (QED) is 0.521. The van der Waals surface area contributed by atoms with Gasteiger partial charge in [0.2, 0.25) is 11.8 Å². The molecular formula is C26H30N2O6. The van der Waals surface area contributed by atoms with Gasteiger partial charge in [-0.05, 0) is 24.8 Å². The van der Waals surface area contributed by atoms with E-state index in [0.717, 1.165) is 12.0 Å². The summed E-state index contributed by atoms with van der Waals surface area (Å²) in [6.45, 7) is 1.17. The van der Waals surface area contributed by atoms with Gasteiger partial charge < -0.3 is 24.4 Å². The molecule has 2 amide bonds. The summed E-state index contributed by atoms with van der Waals surface area (Å²) in [6, 6.07) is 8.79. The molecule has 8 heteroatoms. The lowest BCUT2D eigenvalue weighted by Crippen LogP contribution is -2.55. The van der Waals surface area contributed by atoms with Crippen LogP contribution in [0.15, 0.2) is 54.6 Å². The van der Waals surface area contributed by atoms with Gasteiger partial charge in [-0.1, -0.05) is 54.6 Å². The first-order valence-corrected chi connectivity index (χ1v) is 12.0. The Morgan fingerprint density at radius 3 is 2.71 bits per heavy atom. The van der Waals surface area contributed by atoms with Gasteiger partial charge in [-0.25, -0.2) is 0 Å². The summed E-state index contributed by atoms with van der Waals surface area (Å²) in [5, 5.41) is 9.45. The number of rotatable bonds is 5. The number of carbonyl (C=O) groups excluding carboxylic acids is 3. The molecule has 5 rings (SSSR count). The van der Waals surface area contributed by atoms with E-state index in [2.05, 4.69) is 0 Å². The molecule has 4 heterocycles. The van der Waals surface area contributed by atoms with Gasteiger partial charge in [0, 0.05) is 26.2 Å². The molecule has 2 saturated heterocycles. The first-order chi connectivity index (χ1) is 16.6. The minimum atomic E-state index is -1.26. The molecule has 4 aliphatic rings. The van der Waals surface area contributed by atoms with E-state index in [1.54, 1.807) is 4.90 Å². The zero-order chi connectivity index (χ0) is 23.7. The van der Waals surface area contributed by atoms with Crippen molar-refractivity contribution in [2.24, 2.45) is 11.8 Å². The predicted octanol–water partition coefficient (Wildman–Crippen LogP) is 1.44. The molecule has 1 unspecified atom stereocenters. The molecular weight excluding hydrogens is 436 g/mol. The lowest BCUT2D eigenvalue weighted by atomic mass is 9.78. The Balaban J connectivity index is 1.55. The zero-order valence-electron chi connectivity index (χ0n) is 19.0. The summed E-state index contributed by atoms with van der Waals surface area (Å²) in [5.41, 5.74) is -0.271. The molecule has 4 aliphatic heterocycles. The fourth-order valence-electron chi connectivity index (χ4n) is 5.73. The van der Waals surface area contributed by atoms with Gasteiger partial charge in [0.15, 0.2) is 0 Å². The topological polar surface area (TPSA) is 96.4 Å². The Bertz CT molecular complexity index is 1010. The second-order valence-corrected chi connectivity index (χ2v) is 9.30. The monoisotopic (exact) mass is 466 g/mol. The van der Waals surface area contributed by atoms with Crippen molar-refractivity contribution in [1.82, 2.24) is 9.80 Å². The number of aliphatic hydroxyl groups is 1. The number of esters is 1. The van der Waals surface area contributed by atoms with Gasteiger partial charge in [-0.15, -0.1) is 0 Å². The molecule has 5 atom stereocenters. The number of likely N-dealkylation sites (tertiary alicyclic amines) is 1. The normalized spacial score (nSPS) is 33.9. The van der Waals surface area contributed by atoms with Crippen LogP contribution in [0.2, 0.25) is 0 Å². The number of nitrogens with zero attached hydrogens (tertiary/aromatic N) is 2. The van der Waals surface area contributed by atoms with Crippen molar-refractivity contribution in [3.63, 3.8) is 0 Å².